The largest absolute Gasteiger partial charge is 0.320 e. The van der Waals surface area contributed by atoms with Crippen LogP contribution >= 0.6 is 11.6 Å². The molecule has 2 rings (SSSR count). The lowest BCUT2D eigenvalue weighted by Crippen LogP contribution is -2.18. The Hall–Kier alpha value is -0.910. The lowest BCUT2D eigenvalue weighted by molar-refractivity contribution is 0.592. The van der Waals surface area contributed by atoms with Crippen molar-refractivity contribution in [3.05, 3.63) is 34.9 Å². The van der Waals surface area contributed by atoms with Gasteiger partial charge in [-0.25, -0.2) is 0 Å². The molecule has 1 aromatic rings. The maximum Gasteiger partial charge on any atom is 0.320 e. The zero-order chi connectivity index (χ0) is 10.2. The van der Waals surface area contributed by atoms with Gasteiger partial charge in [0.1, 0.15) is 0 Å². The van der Waals surface area contributed by atoms with E-state index >= 15 is 0 Å². The van der Waals surface area contributed by atoms with Gasteiger partial charge in [-0.2, -0.15) is 17.5 Å². The summed E-state index contributed by atoms with van der Waals surface area (Å²) in [5.74, 6) is 0. The van der Waals surface area contributed by atoms with Crippen molar-refractivity contribution in [2.45, 2.75) is 0 Å². The Morgan fingerprint density at radius 3 is 2.79 bits per heavy atom. The predicted molar refractivity (Wildman–Crippen MR) is 54.9 cm³/mol. The Labute approximate surface area is 86.8 Å². The molecule has 0 atom stereocenters. The van der Waals surface area contributed by atoms with Crippen LogP contribution in [0.1, 0.15) is 5.56 Å². The van der Waals surface area contributed by atoms with Crippen molar-refractivity contribution in [2.24, 2.45) is 4.40 Å². The topological polar surface area (TPSA) is 58.5 Å². The second-order valence-corrected chi connectivity index (χ2v) is 4.70. The molecule has 1 aliphatic rings. The van der Waals surface area contributed by atoms with Crippen LogP contribution in [-0.2, 0) is 10.2 Å². The van der Waals surface area contributed by atoms with Gasteiger partial charge in [0.15, 0.2) is 0 Å². The average molecular weight is 231 g/mol. The van der Waals surface area contributed by atoms with Crippen LogP contribution in [0.25, 0.3) is 0 Å². The maximum absolute atomic E-state index is 11.0. The number of rotatable bonds is 1. The van der Waals surface area contributed by atoms with E-state index in [-0.39, 0.29) is 6.54 Å². The first kappa shape index (κ1) is 9.64. The molecule has 74 valence electrons. The zero-order valence-electron chi connectivity index (χ0n) is 7.07. The highest BCUT2D eigenvalue weighted by Gasteiger charge is 2.19. The molecule has 0 amide bonds. The smallest absolute Gasteiger partial charge is 0.190 e. The van der Waals surface area contributed by atoms with E-state index in [0.29, 0.717) is 10.7 Å². The van der Waals surface area contributed by atoms with Crippen LogP contribution in [0.5, 0.6) is 0 Å². The van der Waals surface area contributed by atoms with E-state index in [4.69, 9.17) is 11.6 Å². The van der Waals surface area contributed by atoms with Gasteiger partial charge in [-0.1, -0.05) is 23.7 Å². The number of hydrogen-bond donors (Lipinski definition) is 1. The van der Waals surface area contributed by atoms with E-state index in [1.807, 2.05) is 0 Å². The Morgan fingerprint density at radius 2 is 2.21 bits per heavy atom. The predicted octanol–water partition coefficient (Wildman–Crippen LogP) is 0.977. The van der Waals surface area contributed by atoms with E-state index in [0.717, 1.165) is 5.56 Å². The fourth-order valence-electron chi connectivity index (χ4n) is 1.19. The fraction of sp³-hybridized carbons (Fsp3) is 0.125. The van der Waals surface area contributed by atoms with Crippen LogP contribution in [0.3, 0.4) is 0 Å². The number of nitrogens with zero attached hydrogens (tertiary/aromatic N) is 1. The summed E-state index contributed by atoms with van der Waals surface area (Å²) in [7, 11) is -3.46. The zero-order valence-corrected chi connectivity index (χ0v) is 8.64. The summed E-state index contributed by atoms with van der Waals surface area (Å²) < 4.78 is 27.8. The molecule has 0 aromatic heterocycles. The molecular weight excluding hydrogens is 224 g/mol. The SMILES string of the molecule is O=S1(=O)N=C(c2cccc(Cl)c2)CN1. The minimum atomic E-state index is -3.46. The van der Waals surface area contributed by atoms with E-state index in [9.17, 15) is 8.42 Å². The van der Waals surface area contributed by atoms with Gasteiger partial charge in [0.2, 0.25) is 0 Å². The molecule has 0 fully saturated rings. The minimum Gasteiger partial charge on any atom is -0.190 e. The van der Waals surface area contributed by atoms with Crippen LogP contribution in [0, 0.1) is 0 Å². The van der Waals surface area contributed by atoms with E-state index in [1.165, 1.54) is 0 Å². The van der Waals surface area contributed by atoms with Crippen molar-refractivity contribution >= 4 is 27.5 Å². The molecule has 1 heterocycles. The first-order valence-corrected chi connectivity index (χ1v) is 5.73. The molecule has 0 spiro atoms. The molecule has 0 saturated carbocycles. The second-order valence-electron chi connectivity index (χ2n) is 2.84. The summed E-state index contributed by atoms with van der Waals surface area (Å²) in [6.07, 6.45) is 0. The number of hydrogen-bond acceptors (Lipinski definition) is 2. The van der Waals surface area contributed by atoms with Crippen molar-refractivity contribution in [1.82, 2.24) is 4.72 Å². The highest BCUT2D eigenvalue weighted by Crippen LogP contribution is 2.13. The Balaban J connectivity index is 2.43. The Kier molecular flexibility index (Phi) is 2.30. The van der Waals surface area contributed by atoms with E-state index in [1.54, 1.807) is 24.3 Å². The van der Waals surface area contributed by atoms with Crippen molar-refractivity contribution in [1.29, 1.82) is 0 Å². The van der Waals surface area contributed by atoms with Gasteiger partial charge in [0.05, 0.1) is 12.3 Å². The molecule has 1 aromatic carbocycles. The maximum atomic E-state index is 11.0. The van der Waals surface area contributed by atoms with Crippen LogP contribution in [-0.4, -0.2) is 20.7 Å². The van der Waals surface area contributed by atoms with Gasteiger partial charge in [-0.15, -0.1) is 0 Å². The van der Waals surface area contributed by atoms with Gasteiger partial charge in [0, 0.05) is 5.02 Å². The normalized spacial score (nSPS) is 19.4. The molecular formula is C8H7ClN2O2S. The van der Waals surface area contributed by atoms with Crippen LogP contribution < -0.4 is 4.72 Å². The summed E-state index contributed by atoms with van der Waals surface area (Å²) in [5.41, 5.74) is 1.22. The molecule has 4 nitrogen and oxygen atoms in total. The van der Waals surface area contributed by atoms with Gasteiger partial charge >= 0.3 is 10.2 Å². The van der Waals surface area contributed by atoms with Crippen molar-refractivity contribution < 1.29 is 8.42 Å². The van der Waals surface area contributed by atoms with Crippen LogP contribution in [0.2, 0.25) is 5.02 Å². The summed E-state index contributed by atoms with van der Waals surface area (Å²) in [6, 6.07) is 6.93. The summed E-state index contributed by atoms with van der Waals surface area (Å²) in [5, 5.41) is 0.564. The lowest BCUT2D eigenvalue weighted by Gasteiger charge is -1.97. The molecule has 1 N–H and O–H groups in total. The molecule has 0 radical (unpaired) electrons. The lowest BCUT2D eigenvalue weighted by atomic mass is 10.1. The summed E-state index contributed by atoms with van der Waals surface area (Å²) in [6.45, 7) is 0.225. The molecule has 0 unspecified atom stereocenters. The second kappa shape index (κ2) is 3.34. The molecule has 6 heteroatoms. The third kappa shape index (κ3) is 1.95. The number of nitrogens with one attached hydrogen (secondary N) is 1. The minimum absolute atomic E-state index is 0.225. The first-order chi connectivity index (χ1) is 6.57. The summed E-state index contributed by atoms with van der Waals surface area (Å²) >= 11 is 5.77. The van der Waals surface area contributed by atoms with Gasteiger partial charge < -0.3 is 0 Å². The number of benzene rings is 1. The molecule has 1 aliphatic heterocycles. The van der Waals surface area contributed by atoms with Gasteiger partial charge in [0.25, 0.3) is 0 Å². The first-order valence-electron chi connectivity index (χ1n) is 3.91. The Bertz CT molecular complexity index is 496. The van der Waals surface area contributed by atoms with Gasteiger partial charge in [-0.05, 0) is 17.7 Å². The molecule has 0 saturated heterocycles. The van der Waals surface area contributed by atoms with E-state index < -0.39 is 10.2 Å². The highest BCUT2D eigenvalue weighted by atomic mass is 35.5. The third-order valence-electron chi connectivity index (χ3n) is 1.81. The molecule has 0 aliphatic carbocycles. The van der Waals surface area contributed by atoms with Crippen LogP contribution in [0.15, 0.2) is 28.7 Å². The van der Waals surface area contributed by atoms with Crippen molar-refractivity contribution in [2.75, 3.05) is 6.54 Å². The average Bonchev–Trinajstić information content (AvgIpc) is 2.46. The quantitative estimate of drug-likeness (QED) is 0.782. The highest BCUT2D eigenvalue weighted by molar-refractivity contribution is 7.88. The molecule has 14 heavy (non-hydrogen) atoms. The summed E-state index contributed by atoms with van der Waals surface area (Å²) in [4.78, 5) is 0. The van der Waals surface area contributed by atoms with E-state index in [2.05, 4.69) is 9.12 Å². The van der Waals surface area contributed by atoms with Crippen molar-refractivity contribution in [3.63, 3.8) is 0 Å². The monoisotopic (exact) mass is 230 g/mol. The third-order valence-corrected chi connectivity index (χ3v) is 3.02. The van der Waals surface area contributed by atoms with Crippen LogP contribution in [0.4, 0.5) is 0 Å². The standard InChI is InChI=1S/C8H7ClN2O2S/c9-7-3-1-2-6(4-7)8-5-10-14(12,13)11-8/h1-4,10H,5H2. The fourth-order valence-corrected chi connectivity index (χ4v) is 2.23. The molecule has 0 bridgehead atoms. The van der Waals surface area contributed by atoms with Crippen molar-refractivity contribution in [3.8, 4) is 0 Å². The van der Waals surface area contributed by atoms with Gasteiger partial charge in [-0.3, -0.25) is 0 Å². The Morgan fingerprint density at radius 1 is 1.43 bits per heavy atom. The number of halogens is 1.